The Morgan fingerprint density at radius 2 is 1.48 bits per heavy atom. The molecule has 3 rings (SSSR count). The van der Waals surface area contributed by atoms with Crippen molar-refractivity contribution < 1.29 is 45.4 Å². The smallest absolute Gasteiger partial charge is 0.460 e. The minimum Gasteiger partial charge on any atom is -0.497 e. The lowest BCUT2D eigenvalue weighted by molar-refractivity contribution is -0.360. The van der Waals surface area contributed by atoms with Crippen molar-refractivity contribution in [2.45, 2.75) is 24.9 Å². The number of aromatic nitrogens is 1. The number of hydrogen-bond acceptors (Lipinski definition) is 2. The fourth-order valence-electron chi connectivity index (χ4n) is 3.38. The van der Waals surface area contributed by atoms with Gasteiger partial charge < -0.3 is 14.4 Å². The Morgan fingerprint density at radius 3 is 1.97 bits per heavy atom. The molecule has 3 aromatic rings. The molecule has 0 saturated carbocycles. The van der Waals surface area contributed by atoms with Crippen LogP contribution in [0.1, 0.15) is 21.6 Å². The molecule has 4 nitrogen and oxygen atoms in total. The summed E-state index contributed by atoms with van der Waals surface area (Å²) >= 11 is 0. The van der Waals surface area contributed by atoms with E-state index < -0.39 is 40.8 Å². The van der Waals surface area contributed by atoms with E-state index in [-0.39, 0.29) is 17.0 Å². The molecule has 0 amide bonds. The summed E-state index contributed by atoms with van der Waals surface area (Å²) in [5.41, 5.74) is -3.61. The third-order valence-electron chi connectivity index (χ3n) is 5.05. The van der Waals surface area contributed by atoms with Crippen LogP contribution in [0, 0.1) is 6.92 Å². The summed E-state index contributed by atoms with van der Waals surface area (Å²) in [6.07, 6.45) is -5.84. The highest BCUT2D eigenvalue weighted by molar-refractivity contribution is 5.98. The Labute approximate surface area is 182 Å². The van der Waals surface area contributed by atoms with Gasteiger partial charge in [0.05, 0.1) is 12.7 Å². The first-order chi connectivity index (χ1) is 15.2. The standard InChI is InChI=1S/C22H16F7NO3/c1-12-5-3-4-6-15(12)16-11-30(13-7-9-14(33-2)10-8-13)18(17(16)19(31)32)20(23,24)21(25,26)22(27,28)29/h3-11H,1-2H3,(H,31,32). The van der Waals surface area contributed by atoms with Crippen molar-refractivity contribution in [1.29, 1.82) is 0 Å². The number of nitrogens with zero attached hydrogens (tertiary/aromatic N) is 1. The van der Waals surface area contributed by atoms with Gasteiger partial charge in [0, 0.05) is 17.4 Å². The van der Waals surface area contributed by atoms with Gasteiger partial charge in [-0.25, -0.2) is 4.79 Å². The summed E-state index contributed by atoms with van der Waals surface area (Å²) in [5, 5.41) is 9.68. The monoisotopic (exact) mass is 475 g/mol. The lowest BCUT2D eigenvalue weighted by atomic mass is 9.95. The van der Waals surface area contributed by atoms with Gasteiger partial charge >= 0.3 is 24.0 Å². The summed E-state index contributed by atoms with van der Waals surface area (Å²) in [7, 11) is 1.30. The van der Waals surface area contributed by atoms with Crippen LogP contribution in [-0.2, 0) is 5.92 Å². The largest absolute Gasteiger partial charge is 0.497 e. The molecule has 11 heteroatoms. The van der Waals surface area contributed by atoms with Crippen LogP contribution in [-0.4, -0.2) is 34.9 Å². The Morgan fingerprint density at radius 1 is 0.909 bits per heavy atom. The summed E-state index contributed by atoms with van der Waals surface area (Å²) in [4.78, 5) is 12.0. The topological polar surface area (TPSA) is 51.5 Å². The molecule has 0 aliphatic carbocycles. The van der Waals surface area contributed by atoms with Crippen molar-refractivity contribution in [3.05, 3.63) is 71.5 Å². The van der Waals surface area contributed by atoms with Crippen LogP contribution >= 0.6 is 0 Å². The maximum absolute atomic E-state index is 15.0. The summed E-state index contributed by atoms with van der Waals surface area (Å²) in [5.74, 6) is -14.3. The van der Waals surface area contributed by atoms with Crippen molar-refractivity contribution in [2.24, 2.45) is 0 Å². The molecule has 1 N–H and O–H groups in total. The second-order valence-electron chi connectivity index (χ2n) is 7.10. The summed E-state index contributed by atoms with van der Waals surface area (Å²) in [6, 6.07) is 10.6. The van der Waals surface area contributed by atoms with Gasteiger partial charge in [-0.2, -0.15) is 30.7 Å². The highest BCUT2D eigenvalue weighted by atomic mass is 19.4. The third-order valence-corrected chi connectivity index (χ3v) is 5.05. The molecule has 33 heavy (non-hydrogen) atoms. The molecule has 0 aliphatic rings. The number of hydrogen-bond donors (Lipinski definition) is 1. The van der Waals surface area contributed by atoms with Gasteiger partial charge in [-0.15, -0.1) is 0 Å². The van der Waals surface area contributed by atoms with Gasteiger partial charge in [0.25, 0.3) is 0 Å². The number of carboxylic acids is 1. The normalized spacial score (nSPS) is 12.6. The lowest BCUT2D eigenvalue weighted by Crippen LogP contribution is -2.51. The van der Waals surface area contributed by atoms with E-state index in [1.807, 2.05) is 0 Å². The zero-order chi connectivity index (χ0) is 24.8. The molecule has 0 saturated heterocycles. The van der Waals surface area contributed by atoms with E-state index in [9.17, 15) is 40.6 Å². The number of rotatable bonds is 6. The zero-order valence-electron chi connectivity index (χ0n) is 17.1. The van der Waals surface area contributed by atoms with Crippen LogP contribution in [0.15, 0.2) is 54.7 Å². The minimum absolute atomic E-state index is 0.0783. The number of benzene rings is 2. The molecule has 0 unspecified atom stereocenters. The van der Waals surface area contributed by atoms with Gasteiger partial charge in [-0.05, 0) is 42.3 Å². The Kier molecular flexibility index (Phi) is 5.95. The molecular weight excluding hydrogens is 459 g/mol. The quantitative estimate of drug-likeness (QED) is 0.417. The summed E-state index contributed by atoms with van der Waals surface area (Å²) < 4.78 is 102. The maximum Gasteiger partial charge on any atom is 0.460 e. The van der Waals surface area contributed by atoms with Crippen LogP contribution in [0.25, 0.3) is 16.8 Å². The number of carbonyl (C=O) groups is 1. The first-order valence-electron chi connectivity index (χ1n) is 9.26. The maximum atomic E-state index is 15.0. The number of halogens is 7. The predicted octanol–water partition coefficient (Wildman–Crippen LogP) is 6.45. The van der Waals surface area contributed by atoms with Crippen LogP contribution in [0.4, 0.5) is 30.7 Å². The van der Waals surface area contributed by atoms with Crippen LogP contribution in [0.3, 0.4) is 0 Å². The Balaban J connectivity index is 2.45. The Bertz CT molecular complexity index is 1180. The van der Waals surface area contributed by atoms with E-state index in [0.717, 1.165) is 18.3 Å². The fourth-order valence-corrected chi connectivity index (χ4v) is 3.38. The van der Waals surface area contributed by atoms with E-state index in [1.165, 1.54) is 44.4 Å². The second kappa shape index (κ2) is 8.13. The highest BCUT2D eigenvalue weighted by Crippen LogP contribution is 2.54. The lowest BCUT2D eigenvalue weighted by Gasteiger charge is -2.29. The molecule has 1 aromatic heterocycles. The number of aryl methyl sites for hydroxylation is 1. The van der Waals surface area contributed by atoms with Crippen LogP contribution < -0.4 is 4.74 Å². The molecule has 176 valence electrons. The number of ether oxygens (including phenoxy) is 1. The number of alkyl halides is 7. The van der Waals surface area contributed by atoms with Gasteiger partial charge in [-0.3, -0.25) is 0 Å². The first kappa shape index (κ1) is 24.1. The van der Waals surface area contributed by atoms with Gasteiger partial charge in [0.1, 0.15) is 11.4 Å². The molecule has 0 fully saturated rings. The first-order valence-corrected chi connectivity index (χ1v) is 9.26. The van der Waals surface area contributed by atoms with Gasteiger partial charge in [0.2, 0.25) is 0 Å². The van der Waals surface area contributed by atoms with Crippen molar-refractivity contribution in [3.63, 3.8) is 0 Å². The molecule has 0 aliphatic heterocycles. The average Bonchev–Trinajstić information content (AvgIpc) is 3.14. The van der Waals surface area contributed by atoms with Crippen LogP contribution in [0.5, 0.6) is 5.75 Å². The molecule has 0 radical (unpaired) electrons. The zero-order valence-corrected chi connectivity index (χ0v) is 17.1. The predicted molar refractivity (Wildman–Crippen MR) is 104 cm³/mol. The number of aromatic carboxylic acids is 1. The average molecular weight is 475 g/mol. The SMILES string of the molecule is COc1ccc(-n2cc(-c3ccccc3C)c(C(=O)O)c2C(F)(F)C(F)(F)C(F)(F)F)cc1. The Hall–Kier alpha value is -3.50. The van der Waals surface area contributed by atoms with Gasteiger partial charge in [-0.1, -0.05) is 24.3 Å². The van der Waals surface area contributed by atoms with Crippen molar-refractivity contribution in [1.82, 2.24) is 4.57 Å². The van der Waals surface area contributed by atoms with Crippen molar-refractivity contribution in [3.8, 4) is 22.6 Å². The molecular formula is C22H16F7NO3. The van der Waals surface area contributed by atoms with E-state index >= 15 is 0 Å². The third kappa shape index (κ3) is 3.91. The van der Waals surface area contributed by atoms with Crippen LogP contribution in [0.2, 0.25) is 0 Å². The molecule has 2 aromatic carbocycles. The summed E-state index contributed by atoms with van der Waals surface area (Å²) in [6.45, 7) is 1.51. The molecule has 0 spiro atoms. The van der Waals surface area contributed by atoms with Crippen molar-refractivity contribution in [2.75, 3.05) is 7.11 Å². The second-order valence-corrected chi connectivity index (χ2v) is 7.10. The number of methoxy groups -OCH3 is 1. The van der Waals surface area contributed by atoms with Crippen molar-refractivity contribution >= 4 is 5.97 Å². The van der Waals surface area contributed by atoms with E-state index in [2.05, 4.69) is 0 Å². The van der Waals surface area contributed by atoms with E-state index in [0.29, 0.717) is 10.1 Å². The van der Waals surface area contributed by atoms with Gasteiger partial charge in [0.15, 0.2) is 0 Å². The van der Waals surface area contributed by atoms with E-state index in [1.54, 1.807) is 6.07 Å². The fraction of sp³-hybridized carbons (Fsp3) is 0.227. The molecule has 0 atom stereocenters. The molecule has 1 heterocycles. The minimum atomic E-state index is -6.65. The van der Waals surface area contributed by atoms with E-state index in [4.69, 9.17) is 4.74 Å². The highest BCUT2D eigenvalue weighted by Gasteiger charge is 2.75. The molecule has 0 bridgehead atoms. The number of carboxylic acid groups (broad SMARTS) is 1.